The highest BCUT2D eigenvalue weighted by Crippen LogP contribution is 2.27. The summed E-state index contributed by atoms with van der Waals surface area (Å²) in [5.74, 6) is -0.117. The monoisotopic (exact) mass is 393 g/mol. The molecule has 0 saturated carbocycles. The number of amides is 1. The first-order valence-corrected chi connectivity index (χ1v) is 8.93. The Morgan fingerprint density at radius 2 is 1.96 bits per heavy atom. The van der Waals surface area contributed by atoms with Crippen LogP contribution < -0.4 is 5.32 Å². The van der Waals surface area contributed by atoms with Gasteiger partial charge in [-0.3, -0.25) is 19.8 Å². The van der Waals surface area contributed by atoms with Crippen molar-refractivity contribution in [2.45, 2.75) is 25.4 Å². The average Bonchev–Trinajstić information content (AvgIpc) is 3.06. The fourth-order valence-electron chi connectivity index (χ4n) is 3.08. The zero-order chi connectivity index (χ0) is 18.7. The van der Waals surface area contributed by atoms with Gasteiger partial charge >= 0.3 is 0 Å². The summed E-state index contributed by atoms with van der Waals surface area (Å²) in [6.07, 6.45) is 1.67. The van der Waals surface area contributed by atoms with E-state index in [0.717, 1.165) is 24.9 Å². The third-order valence-electron chi connectivity index (χ3n) is 4.39. The number of hydrogen-bond acceptors (Lipinski definition) is 4. The molecule has 1 atom stereocenters. The number of carbonyl (C=O) groups is 1. The van der Waals surface area contributed by atoms with Crippen LogP contribution in [0.2, 0.25) is 10.0 Å². The summed E-state index contributed by atoms with van der Waals surface area (Å²) < 4.78 is 0. The lowest BCUT2D eigenvalue weighted by Crippen LogP contribution is -2.39. The average molecular weight is 394 g/mol. The Labute approximate surface area is 160 Å². The lowest BCUT2D eigenvalue weighted by Gasteiger charge is -2.24. The highest BCUT2D eigenvalue weighted by atomic mass is 35.5. The van der Waals surface area contributed by atoms with Crippen LogP contribution in [0.15, 0.2) is 42.5 Å². The van der Waals surface area contributed by atoms with Crippen molar-refractivity contribution in [3.63, 3.8) is 0 Å². The Kier molecular flexibility index (Phi) is 5.76. The summed E-state index contributed by atoms with van der Waals surface area (Å²) in [5, 5.41) is 14.5. The molecular formula is C18H17Cl2N3O3. The smallest absolute Gasteiger partial charge is 0.269 e. The molecule has 1 amide bonds. The Hall–Kier alpha value is -2.15. The molecule has 0 bridgehead atoms. The largest absolute Gasteiger partial charge is 0.323 e. The van der Waals surface area contributed by atoms with Crippen LogP contribution in [0, 0.1) is 10.1 Å². The second-order valence-electron chi connectivity index (χ2n) is 6.17. The molecule has 136 valence electrons. The topological polar surface area (TPSA) is 75.5 Å². The molecule has 26 heavy (non-hydrogen) atoms. The van der Waals surface area contributed by atoms with Gasteiger partial charge in [-0.15, -0.1) is 0 Å². The van der Waals surface area contributed by atoms with Crippen LogP contribution in [-0.2, 0) is 11.3 Å². The molecule has 1 aliphatic rings. The van der Waals surface area contributed by atoms with Gasteiger partial charge in [-0.25, -0.2) is 0 Å². The van der Waals surface area contributed by atoms with Gasteiger partial charge in [0.2, 0.25) is 5.91 Å². The second-order valence-corrected chi connectivity index (χ2v) is 7.01. The predicted octanol–water partition coefficient (Wildman–Crippen LogP) is 4.50. The lowest BCUT2D eigenvalue weighted by atomic mass is 10.1. The van der Waals surface area contributed by atoms with Crippen LogP contribution in [0.5, 0.6) is 0 Å². The molecule has 8 heteroatoms. The predicted molar refractivity (Wildman–Crippen MR) is 102 cm³/mol. The van der Waals surface area contributed by atoms with Gasteiger partial charge in [-0.1, -0.05) is 35.3 Å². The summed E-state index contributed by atoms with van der Waals surface area (Å²) in [5.41, 5.74) is 1.52. The first-order valence-electron chi connectivity index (χ1n) is 8.17. The Bertz CT molecular complexity index is 827. The van der Waals surface area contributed by atoms with Gasteiger partial charge in [-0.05, 0) is 43.1 Å². The van der Waals surface area contributed by atoms with E-state index in [2.05, 4.69) is 10.2 Å². The Morgan fingerprint density at radius 1 is 1.23 bits per heavy atom. The maximum absolute atomic E-state index is 12.7. The van der Waals surface area contributed by atoms with Crippen molar-refractivity contribution in [2.75, 3.05) is 11.9 Å². The van der Waals surface area contributed by atoms with Crippen molar-refractivity contribution in [2.24, 2.45) is 0 Å². The van der Waals surface area contributed by atoms with Gasteiger partial charge < -0.3 is 5.32 Å². The number of non-ortho nitro benzene ring substituents is 1. The summed E-state index contributed by atoms with van der Waals surface area (Å²) in [6, 6.07) is 11.1. The molecular weight excluding hydrogens is 377 g/mol. The highest BCUT2D eigenvalue weighted by Gasteiger charge is 2.31. The van der Waals surface area contributed by atoms with Crippen LogP contribution in [0.25, 0.3) is 0 Å². The molecule has 0 aromatic heterocycles. The zero-order valence-corrected chi connectivity index (χ0v) is 15.3. The van der Waals surface area contributed by atoms with Crippen LogP contribution in [-0.4, -0.2) is 28.3 Å². The number of carbonyl (C=O) groups excluding carboxylic acids is 1. The highest BCUT2D eigenvalue weighted by molar-refractivity contribution is 6.36. The maximum Gasteiger partial charge on any atom is 0.269 e. The van der Waals surface area contributed by atoms with Crippen molar-refractivity contribution in [3.05, 3.63) is 68.2 Å². The molecule has 0 aliphatic carbocycles. The van der Waals surface area contributed by atoms with Gasteiger partial charge in [0.1, 0.15) is 0 Å². The number of nitro benzene ring substituents is 1. The first kappa shape index (κ1) is 18.6. The molecule has 2 aromatic carbocycles. The molecule has 1 saturated heterocycles. The van der Waals surface area contributed by atoms with Crippen molar-refractivity contribution in [3.8, 4) is 0 Å². The maximum atomic E-state index is 12.7. The normalized spacial score (nSPS) is 17.2. The number of benzene rings is 2. The molecule has 1 fully saturated rings. The van der Waals surface area contributed by atoms with Gasteiger partial charge in [0, 0.05) is 23.7 Å². The number of anilines is 1. The van der Waals surface area contributed by atoms with Gasteiger partial charge in [0.25, 0.3) is 5.69 Å². The minimum Gasteiger partial charge on any atom is -0.323 e. The molecule has 2 aromatic rings. The van der Waals surface area contributed by atoms with Crippen LogP contribution in [0.1, 0.15) is 18.4 Å². The second kappa shape index (κ2) is 8.03. The Balaban J connectivity index is 1.67. The van der Waals surface area contributed by atoms with Crippen molar-refractivity contribution < 1.29 is 9.72 Å². The minimum atomic E-state index is -0.425. The SMILES string of the molecule is O=C(Nc1ccc(Cl)cc1Cl)C1CCCN1Cc1ccc([N+](=O)[O-])cc1. The summed E-state index contributed by atoms with van der Waals surface area (Å²) in [6.45, 7) is 1.36. The van der Waals surface area contributed by atoms with E-state index in [4.69, 9.17) is 23.2 Å². The molecule has 1 heterocycles. The molecule has 0 spiro atoms. The quantitative estimate of drug-likeness (QED) is 0.598. The Morgan fingerprint density at radius 3 is 2.62 bits per heavy atom. The summed E-state index contributed by atoms with van der Waals surface area (Å²) >= 11 is 12.0. The zero-order valence-electron chi connectivity index (χ0n) is 13.8. The van der Waals surface area contributed by atoms with Gasteiger partial charge in [-0.2, -0.15) is 0 Å². The van der Waals surface area contributed by atoms with Crippen LogP contribution >= 0.6 is 23.2 Å². The molecule has 0 radical (unpaired) electrons. The van der Waals surface area contributed by atoms with E-state index >= 15 is 0 Å². The van der Waals surface area contributed by atoms with Crippen LogP contribution in [0.4, 0.5) is 11.4 Å². The van der Waals surface area contributed by atoms with Crippen molar-refractivity contribution >= 4 is 40.5 Å². The number of nitrogens with zero attached hydrogens (tertiary/aromatic N) is 2. The fourth-order valence-corrected chi connectivity index (χ4v) is 3.53. The number of hydrogen-bond donors (Lipinski definition) is 1. The summed E-state index contributed by atoms with van der Waals surface area (Å²) in [7, 11) is 0. The third-order valence-corrected chi connectivity index (χ3v) is 4.94. The molecule has 6 nitrogen and oxygen atoms in total. The molecule has 1 N–H and O–H groups in total. The standard InChI is InChI=1S/C18H17Cl2N3O3/c19-13-5-8-16(15(20)10-13)21-18(24)17-2-1-9-22(17)11-12-3-6-14(7-4-12)23(25)26/h3-8,10,17H,1-2,9,11H2,(H,21,24). The molecule has 1 aliphatic heterocycles. The molecule has 1 unspecified atom stereocenters. The van der Waals surface area contributed by atoms with E-state index in [-0.39, 0.29) is 17.6 Å². The van der Waals surface area contributed by atoms with Crippen molar-refractivity contribution in [1.82, 2.24) is 4.90 Å². The minimum absolute atomic E-state index is 0.0573. The number of likely N-dealkylation sites (tertiary alicyclic amines) is 1. The van der Waals surface area contributed by atoms with E-state index in [1.54, 1.807) is 30.3 Å². The van der Waals surface area contributed by atoms with E-state index < -0.39 is 4.92 Å². The fraction of sp³-hybridized carbons (Fsp3) is 0.278. The number of rotatable bonds is 5. The third kappa shape index (κ3) is 4.33. The summed E-state index contributed by atoms with van der Waals surface area (Å²) in [4.78, 5) is 25.1. The van der Waals surface area contributed by atoms with Crippen LogP contribution in [0.3, 0.4) is 0 Å². The van der Waals surface area contributed by atoms with Gasteiger partial charge in [0.05, 0.1) is 21.7 Å². The number of nitrogens with one attached hydrogen (secondary N) is 1. The molecule has 3 rings (SSSR count). The van der Waals surface area contributed by atoms with Crippen molar-refractivity contribution in [1.29, 1.82) is 0 Å². The van der Waals surface area contributed by atoms with E-state index in [0.29, 0.717) is 22.3 Å². The number of nitro groups is 1. The van der Waals surface area contributed by atoms with Gasteiger partial charge in [0.15, 0.2) is 0 Å². The first-order chi connectivity index (χ1) is 12.4. The van der Waals surface area contributed by atoms with E-state index in [1.807, 2.05) is 0 Å². The van der Waals surface area contributed by atoms with E-state index in [9.17, 15) is 14.9 Å². The number of halogens is 2. The lowest BCUT2D eigenvalue weighted by molar-refractivity contribution is -0.384. The van der Waals surface area contributed by atoms with E-state index in [1.165, 1.54) is 12.1 Å².